The first-order valence-corrected chi connectivity index (χ1v) is 7.82. The first-order chi connectivity index (χ1) is 10.6. The predicted molar refractivity (Wildman–Crippen MR) is 89.4 cm³/mol. The summed E-state index contributed by atoms with van der Waals surface area (Å²) in [5.74, 6) is 8.15. The van der Waals surface area contributed by atoms with E-state index in [9.17, 15) is 0 Å². The molecule has 0 amide bonds. The fraction of sp³-hybridized carbons (Fsp3) is 0.556. The lowest BCUT2D eigenvalue weighted by molar-refractivity contribution is 0.373. The Hall–Kier alpha value is -2.04. The molecule has 1 aliphatic rings. The van der Waals surface area contributed by atoms with Crippen molar-refractivity contribution in [3.8, 4) is 17.9 Å². The van der Waals surface area contributed by atoms with Crippen LogP contribution in [-0.2, 0) is 0 Å². The van der Waals surface area contributed by atoms with Crippen LogP contribution >= 0.6 is 0 Å². The first kappa shape index (κ1) is 16.3. The van der Waals surface area contributed by atoms with Gasteiger partial charge in [0.25, 0.3) is 0 Å². The van der Waals surface area contributed by atoms with Crippen molar-refractivity contribution in [2.75, 3.05) is 32.6 Å². The Morgan fingerprint density at radius 3 is 2.45 bits per heavy atom. The maximum absolute atomic E-state index is 8.83. The van der Waals surface area contributed by atoms with Gasteiger partial charge < -0.3 is 4.90 Å². The van der Waals surface area contributed by atoms with Crippen molar-refractivity contribution in [1.29, 1.82) is 5.26 Å². The normalized spacial score (nSPS) is 20.9. The molecule has 0 N–H and O–H groups in total. The fourth-order valence-corrected chi connectivity index (χ4v) is 2.80. The summed E-state index contributed by atoms with van der Waals surface area (Å²) in [7, 11) is 6.19. The molecule has 1 fully saturated rings. The zero-order valence-corrected chi connectivity index (χ0v) is 13.7. The van der Waals surface area contributed by atoms with E-state index in [2.05, 4.69) is 39.7 Å². The number of rotatable bonds is 3. The second-order valence-electron chi connectivity index (χ2n) is 6.19. The lowest BCUT2D eigenvalue weighted by Crippen LogP contribution is -2.35. The molecule has 116 valence electrons. The molecule has 1 saturated carbocycles. The number of anilines is 1. The van der Waals surface area contributed by atoms with Crippen molar-refractivity contribution in [1.82, 2.24) is 9.88 Å². The number of aromatic nitrogens is 1. The maximum Gasteiger partial charge on any atom is 0.128 e. The monoisotopic (exact) mass is 296 g/mol. The molecule has 1 aromatic rings. The SMILES string of the molecule is CN(C)CC#CC1CCC(N(C)c2ccc(C#N)cn2)CC1. The third-order valence-electron chi connectivity index (χ3n) is 4.18. The molecule has 0 unspecified atom stereocenters. The van der Waals surface area contributed by atoms with E-state index in [0.29, 0.717) is 17.5 Å². The van der Waals surface area contributed by atoms with Crippen LogP contribution in [0.4, 0.5) is 5.82 Å². The molecule has 1 heterocycles. The van der Waals surface area contributed by atoms with Crippen LogP contribution in [0.3, 0.4) is 0 Å². The van der Waals surface area contributed by atoms with Gasteiger partial charge in [0.2, 0.25) is 0 Å². The summed E-state index contributed by atoms with van der Waals surface area (Å²) in [5.41, 5.74) is 0.608. The van der Waals surface area contributed by atoms with Crippen LogP contribution in [0.1, 0.15) is 31.2 Å². The van der Waals surface area contributed by atoms with Crippen LogP contribution in [0, 0.1) is 29.1 Å². The molecule has 0 radical (unpaired) electrons. The van der Waals surface area contributed by atoms with Crippen molar-refractivity contribution in [3.05, 3.63) is 23.9 Å². The van der Waals surface area contributed by atoms with E-state index in [1.165, 1.54) is 0 Å². The third kappa shape index (κ3) is 4.48. The van der Waals surface area contributed by atoms with Crippen molar-refractivity contribution >= 4 is 5.82 Å². The second-order valence-corrected chi connectivity index (χ2v) is 6.19. The highest BCUT2D eigenvalue weighted by Gasteiger charge is 2.23. The number of hydrogen-bond donors (Lipinski definition) is 0. The highest BCUT2D eigenvalue weighted by Crippen LogP contribution is 2.28. The average molecular weight is 296 g/mol. The molecule has 0 spiro atoms. The van der Waals surface area contributed by atoms with Crippen LogP contribution in [0.5, 0.6) is 0 Å². The first-order valence-electron chi connectivity index (χ1n) is 7.82. The Kier molecular flexibility index (Phi) is 5.81. The molecular formula is C18H24N4. The summed E-state index contributed by atoms with van der Waals surface area (Å²) in [6.07, 6.45) is 6.26. The molecular weight excluding hydrogens is 272 g/mol. The van der Waals surface area contributed by atoms with Crippen molar-refractivity contribution in [3.63, 3.8) is 0 Å². The minimum absolute atomic E-state index is 0.521. The molecule has 1 aromatic heterocycles. The van der Waals surface area contributed by atoms with E-state index in [1.54, 1.807) is 6.20 Å². The van der Waals surface area contributed by atoms with Gasteiger partial charge in [0.1, 0.15) is 11.9 Å². The molecule has 0 bridgehead atoms. The summed E-state index contributed by atoms with van der Waals surface area (Å²) in [6.45, 7) is 0.842. The van der Waals surface area contributed by atoms with Gasteiger partial charge in [0, 0.05) is 25.2 Å². The Morgan fingerprint density at radius 1 is 1.18 bits per heavy atom. The van der Waals surface area contributed by atoms with Crippen molar-refractivity contribution in [2.45, 2.75) is 31.7 Å². The van der Waals surface area contributed by atoms with Crippen molar-refractivity contribution < 1.29 is 0 Å². The van der Waals surface area contributed by atoms with Crippen LogP contribution in [0.25, 0.3) is 0 Å². The summed E-state index contributed by atoms with van der Waals surface area (Å²) < 4.78 is 0. The molecule has 0 atom stereocenters. The highest BCUT2D eigenvalue weighted by molar-refractivity contribution is 5.42. The third-order valence-corrected chi connectivity index (χ3v) is 4.18. The van der Waals surface area contributed by atoms with Crippen molar-refractivity contribution in [2.24, 2.45) is 5.92 Å². The van der Waals surface area contributed by atoms with Gasteiger partial charge in [-0.25, -0.2) is 4.98 Å². The molecule has 1 aliphatic carbocycles. The fourth-order valence-electron chi connectivity index (χ4n) is 2.80. The topological polar surface area (TPSA) is 43.2 Å². The van der Waals surface area contributed by atoms with Gasteiger partial charge in [-0.2, -0.15) is 5.26 Å². The van der Waals surface area contributed by atoms with Crippen LogP contribution in [0.15, 0.2) is 18.3 Å². The van der Waals surface area contributed by atoms with Gasteiger partial charge >= 0.3 is 0 Å². The van der Waals surface area contributed by atoms with Gasteiger partial charge in [0.15, 0.2) is 0 Å². The van der Waals surface area contributed by atoms with E-state index in [1.807, 2.05) is 26.2 Å². The van der Waals surface area contributed by atoms with E-state index >= 15 is 0 Å². The molecule has 0 saturated heterocycles. The zero-order chi connectivity index (χ0) is 15.9. The van der Waals surface area contributed by atoms with Crippen LogP contribution in [-0.4, -0.2) is 43.6 Å². The predicted octanol–water partition coefficient (Wildman–Crippen LogP) is 2.51. The average Bonchev–Trinajstić information content (AvgIpc) is 2.54. The number of nitriles is 1. The Bertz CT molecular complexity index is 566. The quantitative estimate of drug-likeness (QED) is 0.804. The molecule has 0 aliphatic heterocycles. The Labute approximate surface area is 133 Å². The van der Waals surface area contributed by atoms with Gasteiger partial charge in [-0.15, -0.1) is 0 Å². The Morgan fingerprint density at radius 2 is 1.91 bits per heavy atom. The van der Waals surface area contributed by atoms with Gasteiger partial charge in [-0.1, -0.05) is 11.8 Å². The summed E-state index contributed by atoms with van der Waals surface area (Å²) in [6, 6.07) is 6.39. The maximum atomic E-state index is 8.83. The number of pyridine rings is 1. The van der Waals surface area contributed by atoms with Crippen LogP contribution in [0.2, 0.25) is 0 Å². The van der Waals surface area contributed by atoms with E-state index in [4.69, 9.17) is 5.26 Å². The lowest BCUT2D eigenvalue weighted by atomic mass is 9.86. The lowest BCUT2D eigenvalue weighted by Gasteiger charge is -2.34. The minimum atomic E-state index is 0.521. The molecule has 4 heteroatoms. The van der Waals surface area contributed by atoms with E-state index < -0.39 is 0 Å². The Balaban J connectivity index is 1.87. The number of nitrogens with zero attached hydrogens (tertiary/aromatic N) is 4. The van der Waals surface area contributed by atoms with E-state index in [-0.39, 0.29) is 0 Å². The van der Waals surface area contributed by atoms with Gasteiger partial charge in [-0.05, 0) is 51.9 Å². The van der Waals surface area contributed by atoms with Crippen LogP contribution < -0.4 is 4.90 Å². The molecule has 0 aromatic carbocycles. The van der Waals surface area contributed by atoms with Gasteiger partial charge in [-0.3, -0.25) is 4.90 Å². The largest absolute Gasteiger partial charge is 0.357 e. The summed E-state index contributed by atoms with van der Waals surface area (Å²) in [4.78, 5) is 8.72. The summed E-state index contributed by atoms with van der Waals surface area (Å²) in [5, 5.41) is 8.83. The smallest absolute Gasteiger partial charge is 0.128 e. The minimum Gasteiger partial charge on any atom is -0.357 e. The highest BCUT2D eigenvalue weighted by atomic mass is 15.2. The summed E-state index contributed by atoms with van der Waals surface area (Å²) >= 11 is 0. The molecule has 4 nitrogen and oxygen atoms in total. The van der Waals surface area contributed by atoms with E-state index in [0.717, 1.165) is 38.0 Å². The molecule has 22 heavy (non-hydrogen) atoms. The molecule has 2 rings (SSSR count). The second kappa shape index (κ2) is 7.82. The van der Waals surface area contributed by atoms with Gasteiger partial charge in [0.05, 0.1) is 12.1 Å². The zero-order valence-electron chi connectivity index (χ0n) is 13.7. The standard InChI is InChI=1S/C18H24N4/c1-21(2)12-4-5-15-6-9-17(10-7-15)22(3)18-11-8-16(13-19)14-20-18/h8,11,14-15,17H,6-7,9-10,12H2,1-3H3. The number of hydrogen-bond acceptors (Lipinski definition) is 4.